The van der Waals surface area contributed by atoms with Crippen molar-refractivity contribution in [3.63, 3.8) is 0 Å². The fourth-order valence-corrected chi connectivity index (χ4v) is 3.04. The van der Waals surface area contributed by atoms with E-state index in [1.54, 1.807) is 6.20 Å². The third-order valence-corrected chi connectivity index (χ3v) is 4.52. The Labute approximate surface area is 122 Å². The lowest BCUT2D eigenvalue weighted by Crippen LogP contribution is -2.01. The molecule has 1 nitrogen and oxygen atoms in total. The van der Waals surface area contributed by atoms with E-state index >= 15 is 0 Å². The van der Waals surface area contributed by atoms with Crippen LogP contribution in [-0.4, -0.2) is 4.98 Å². The average molecular weight is 289 g/mol. The summed E-state index contributed by atoms with van der Waals surface area (Å²) in [6.45, 7) is 3.94. The van der Waals surface area contributed by atoms with Crippen LogP contribution < -0.4 is 0 Å². The van der Waals surface area contributed by atoms with Crippen molar-refractivity contribution in [3.05, 3.63) is 69.2 Å². The first-order valence-electron chi connectivity index (χ1n) is 6.06. The highest BCUT2D eigenvalue weighted by Gasteiger charge is 2.30. The summed E-state index contributed by atoms with van der Waals surface area (Å²) in [5.41, 5.74) is 3.94. The number of hydrogen-bond acceptors (Lipinski definition) is 1. The number of fused-ring (bicyclic) bond motifs is 1. The molecule has 1 aliphatic carbocycles. The Kier molecular flexibility index (Phi) is 3.12. The van der Waals surface area contributed by atoms with Crippen LogP contribution in [0.25, 0.3) is 10.9 Å². The number of nitrogens with zero attached hydrogens (tertiary/aromatic N) is 1. The zero-order valence-electron chi connectivity index (χ0n) is 10.7. The van der Waals surface area contributed by atoms with Gasteiger partial charge in [0.1, 0.15) is 0 Å². The van der Waals surface area contributed by atoms with Crippen LogP contribution in [-0.2, 0) is 0 Å². The molecule has 1 aromatic heterocycles. The first-order valence-corrected chi connectivity index (χ1v) is 6.82. The summed E-state index contributed by atoms with van der Waals surface area (Å²) in [5.74, 6) is 0.994. The van der Waals surface area contributed by atoms with Crippen molar-refractivity contribution in [2.75, 3.05) is 0 Å². The largest absolute Gasteiger partial charge is 0.256 e. The van der Waals surface area contributed by atoms with Crippen molar-refractivity contribution >= 4 is 34.1 Å². The van der Waals surface area contributed by atoms with Crippen molar-refractivity contribution in [2.45, 2.75) is 13.8 Å². The van der Waals surface area contributed by atoms with Gasteiger partial charge in [0.25, 0.3) is 0 Å². The van der Waals surface area contributed by atoms with Crippen LogP contribution in [0.15, 0.2) is 57.7 Å². The van der Waals surface area contributed by atoms with E-state index in [9.17, 15) is 0 Å². The number of rotatable bonds is 1. The zero-order chi connectivity index (χ0) is 13.6. The number of benzene rings is 1. The molecule has 3 heteroatoms. The topological polar surface area (TPSA) is 12.9 Å². The van der Waals surface area contributed by atoms with Gasteiger partial charge in [-0.3, -0.25) is 4.98 Å². The normalized spacial score (nSPS) is 16.8. The fraction of sp³-hybridized carbons (Fsp3) is 0.125. The number of pyridine rings is 1. The average Bonchev–Trinajstić information content (AvgIpc) is 2.63. The lowest BCUT2D eigenvalue weighted by atomic mass is 9.92. The van der Waals surface area contributed by atoms with Crippen LogP contribution in [0, 0.1) is 5.92 Å². The van der Waals surface area contributed by atoms with Gasteiger partial charge < -0.3 is 0 Å². The van der Waals surface area contributed by atoms with Crippen molar-refractivity contribution in [1.82, 2.24) is 4.98 Å². The summed E-state index contributed by atoms with van der Waals surface area (Å²) in [6, 6.07) is 10.1. The molecule has 0 fully saturated rings. The van der Waals surface area contributed by atoms with Gasteiger partial charge in [-0.15, -0.1) is 0 Å². The molecule has 0 unspecified atom stereocenters. The van der Waals surface area contributed by atoms with Crippen LogP contribution in [0.4, 0.5) is 0 Å². The van der Waals surface area contributed by atoms with Crippen LogP contribution in [0.1, 0.15) is 19.4 Å². The summed E-state index contributed by atoms with van der Waals surface area (Å²) in [5, 5.41) is 2.57. The van der Waals surface area contributed by atoms with E-state index in [2.05, 4.69) is 4.98 Å². The van der Waals surface area contributed by atoms with Crippen molar-refractivity contribution < 1.29 is 0 Å². The van der Waals surface area contributed by atoms with Gasteiger partial charge in [-0.25, -0.2) is 0 Å². The highest BCUT2D eigenvalue weighted by Crippen LogP contribution is 2.47. The molecule has 0 N–H and O–H groups in total. The zero-order valence-corrected chi connectivity index (χ0v) is 12.2. The third-order valence-electron chi connectivity index (χ3n) is 3.48. The monoisotopic (exact) mass is 288 g/mol. The van der Waals surface area contributed by atoms with E-state index in [-0.39, 0.29) is 0 Å². The standard InChI is InChI=1S/C16H12Cl2N/c1-9-13(15(18)10(2)14(9)17)12-7-3-5-11-6-4-8-19-16(11)12/h3-8H,1-2H3. The number of aromatic nitrogens is 1. The molecule has 1 radical (unpaired) electrons. The molecule has 95 valence electrons. The van der Waals surface area contributed by atoms with Crippen molar-refractivity contribution in [3.8, 4) is 0 Å². The Hall–Kier alpha value is -1.31. The molecule has 2 aromatic rings. The minimum Gasteiger partial charge on any atom is -0.256 e. The quantitative estimate of drug-likeness (QED) is 0.703. The minimum atomic E-state index is 0.723. The van der Waals surface area contributed by atoms with Crippen LogP contribution >= 0.6 is 23.2 Å². The highest BCUT2D eigenvalue weighted by atomic mass is 35.5. The second-order valence-electron chi connectivity index (χ2n) is 4.63. The maximum atomic E-state index is 6.44. The maximum absolute atomic E-state index is 6.44. The molecule has 1 aromatic carbocycles. The summed E-state index contributed by atoms with van der Waals surface area (Å²) in [4.78, 5) is 4.48. The van der Waals surface area contributed by atoms with Gasteiger partial charge >= 0.3 is 0 Å². The van der Waals surface area contributed by atoms with Gasteiger partial charge in [-0.05, 0) is 36.6 Å². The molecule has 0 saturated heterocycles. The number of para-hydroxylation sites is 1. The summed E-state index contributed by atoms with van der Waals surface area (Å²) >= 11 is 12.7. The minimum absolute atomic E-state index is 0.723. The second kappa shape index (κ2) is 4.66. The fourth-order valence-electron chi connectivity index (χ4n) is 2.47. The van der Waals surface area contributed by atoms with E-state index in [1.807, 2.05) is 44.2 Å². The van der Waals surface area contributed by atoms with Crippen molar-refractivity contribution in [1.29, 1.82) is 0 Å². The summed E-state index contributed by atoms with van der Waals surface area (Å²) in [6.07, 6.45) is 1.80. The number of allylic oxidation sites excluding steroid dienone is 4. The maximum Gasteiger partial charge on any atom is 0.0747 e. The Balaban J connectivity index is 2.27. The molecule has 3 rings (SSSR count). The molecule has 1 aliphatic rings. The van der Waals surface area contributed by atoms with E-state index in [0.29, 0.717) is 0 Å². The lowest BCUT2D eigenvalue weighted by molar-refractivity contribution is 1.24. The molecule has 0 aliphatic heterocycles. The molecular weight excluding hydrogens is 277 g/mol. The molecule has 0 bridgehead atoms. The van der Waals surface area contributed by atoms with Crippen LogP contribution in [0.3, 0.4) is 0 Å². The second-order valence-corrected chi connectivity index (χ2v) is 5.39. The third kappa shape index (κ3) is 1.89. The van der Waals surface area contributed by atoms with E-state index in [4.69, 9.17) is 23.2 Å². The first-order chi connectivity index (χ1) is 9.11. The molecule has 1 heterocycles. The van der Waals surface area contributed by atoms with Gasteiger partial charge in [0.05, 0.1) is 11.4 Å². The SMILES string of the molecule is CC1=C(Cl)C(C)=C(Cl)[C]1c1cccc2cccnc12. The van der Waals surface area contributed by atoms with E-state index < -0.39 is 0 Å². The predicted molar refractivity (Wildman–Crippen MR) is 81.2 cm³/mol. The Morgan fingerprint density at radius 2 is 1.63 bits per heavy atom. The summed E-state index contributed by atoms with van der Waals surface area (Å²) in [7, 11) is 0. The summed E-state index contributed by atoms with van der Waals surface area (Å²) < 4.78 is 0. The highest BCUT2D eigenvalue weighted by molar-refractivity contribution is 6.39. The molecule has 19 heavy (non-hydrogen) atoms. The molecule has 0 atom stereocenters. The molecule has 0 saturated carbocycles. The molecule has 0 amide bonds. The number of halogens is 2. The van der Waals surface area contributed by atoms with Crippen LogP contribution in [0.5, 0.6) is 0 Å². The Morgan fingerprint density at radius 1 is 0.895 bits per heavy atom. The van der Waals surface area contributed by atoms with Gasteiger partial charge in [0.15, 0.2) is 0 Å². The van der Waals surface area contributed by atoms with Gasteiger partial charge in [0, 0.05) is 21.6 Å². The molecular formula is C16H12Cl2N. The van der Waals surface area contributed by atoms with Gasteiger partial charge in [-0.1, -0.05) is 47.5 Å². The Morgan fingerprint density at radius 3 is 2.32 bits per heavy atom. The molecule has 0 spiro atoms. The van der Waals surface area contributed by atoms with Crippen LogP contribution in [0.2, 0.25) is 0 Å². The number of hydrogen-bond donors (Lipinski definition) is 0. The van der Waals surface area contributed by atoms with E-state index in [1.165, 1.54) is 0 Å². The van der Waals surface area contributed by atoms with Gasteiger partial charge in [0.2, 0.25) is 0 Å². The van der Waals surface area contributed by atoms with Crippen molar-refractivity contribution in [2.24, 2.45) is 0 Å². The van der Waals surface area contributed by atoms with E-state index in [0.717, 1.165) is 43.6 Å². The first kappa shape index (κ1) is 12.7. The van der Waals surface area contributed by atoms with Gasteiger partial charge in [-0.2, -0.15) is 0 Å². The Bertz CT molecular complexity index is 699. The smallest absolute Gasteiger partial charge is 0.0747 e. The lowest BCUT2D eigenvalue weighted by Gasteiger charge is -2.14. The predicted octanol–water partition coefficient (Wildman–Crippen LogP) is 5.20.